The van der Waals surface area contributed by atoms with Crippen molar-refractivity contribution in [1.29, 1.82) is 0 Å². The molecule has 4 rings (SSSR count). The van der Waals surface area contributed by atoms with Crippen molar-refractivity contribution in [3.05, 3.63) is 18.1 Å². The third kappa shape index (κ3) is 4.78. The second-order valence-electron chi connectivity index (χ2n) is 7.75. The summed E-state index contributed by atoms with van der Waals surface area (Å²) < 4.78 is 1.37. The van der Waals surface area contributed by atoms with Gasteiger partial charge in [0.25, 0.3) is 5.91 Å². The summed E-state index contributed by atoms with van der Waals surface area (Å²) in [5.41, 5.74) is 0.388. The van der Waals surface area contributed by atoms with Gasteiger partial charge in [-0.3, -0.25) is 14.7 Å². The van der Waals surface area contributed by atoms with E-state index < -0.39 is 0 Å². The van der Waals surface area contributed by atoms with Crippen LogP contribution in [0.2, 0.25) is 0 Å². The lowest BCUT2D eigenvalue weighted by Crippen LogP contribution is -2.42. The summed E-state index contributed by atoms with van der Waals surface area (Å²) in [6, 6.07) is 0.0489. The van der Waals surface area contributed by atoms with Crippen molar-refractivity contribution in [3.8, 4) is 5.82 Å². The molecule has 2 aliphatic rings. The summed E-state index contributed by atoms with van der Waals surface area (Å²) >= 11 is 0. The predicted molar refractivity (Wildman–Crippen MR) is 103 cm³/mol. The van der Waals surface area contributed by atoms with Gasteiger partial charge in [-0.15, -0.1) is 5.10 Å². The fourth-order valence-electron chi connectivity index (χ4n) is 4.13. The van der Waals surface area contributed by atoms with Gasteiger partial charge in [-0.1, -0.05) is 0 Å². The fourth-order valence-corrected chi connectivity index (χ4v) is 4.13. The number of nitrogens with one attached hydrogen (secondary N) is 3. The van der Waals surface area contributed by atoms with Gasteiger partial charge >= 0.3 is 0 Å². The number of carbonyl (C=O) groups is 2. The quantitative estimate of drug-likeness (QED) is 0.589. The van der Waals surface area contributed by atoms with E-state index in [4.69, 9.17) is 0 Å². The van der Waals surface area contributed by atoms with Crippen molar-refractivity contribution >= 4 is 11.8 Å². The molecule has 0 aromatic carbocycles. The molecule has 11 heteroatoms. The zero-order valence-electron chi connectivity index (χ0n) is 16.4. The smallest absolute Gasteiger partial charge is 0.256 e. The number of aromatic amines is 1. The molecule has 2 aromatic heterocycles. The molecular weight excluding hydrogens is 374 g/mol. The molecule has 1 saturated carbocycles. The van der Waals surface area contributed by atoms with Crippen LogP contribution in [0.5, 0.6) is 0 Å². The average Bonchev–Trinajstić information content (AvgIpc) is 3.49. The number of likely N-dealkylation sites (tertiary alicyclic amines) is 1. The second kappa shape index (κ2) is 9.12. The molecule has 2 fully saturated rings. The van der Waals surface area contributed by atoms with E-state index >= 15 is 0 Å². The summed E-state index contributed by atoms with van der Waals surface area (Å²) in [6.45, 7) is 3.94. The van der Waals surface area contributed by atoms with E-state index in [2.05, 4.69) is 41.3 Å². The molecule has 1 aliphatic heterocycles. The molecule has 11 nitrogen and oxygen atoms in total. The highest BCUT2D eigenvalue weighted by molar-refractivity contribution is 5.97. The number of rotatable bonds is 7. The third-order valence-corrected chi connectivity index (χ3v) is 5.80. The summed E-state index contributed by atoms with van der Waals surface area (Å²) in [5.74, 6) is 0.388. The van der Waals surface area contributed by atoms with Gasteiger partial charge in [0.15, 0.2) is 5.82 Å². The first kappa shape index (κ1) is 19.5. The van der Waals surface area contributed by atoms with Crippen molar-refractivity contribution < 1.29 is 9.59 Å². The highest BCUT2D eigenvalue weighted by atomic mass is 16.2. The topological polar surface area (TPSA) is 134 Å². The zero-order chi connectivity index (χ0) is 20.1. The Morgan fingerprint density at radius 1 is 1.17 bits per heavy atom. The van der Waals surface area contributed by atoms with Crippen LogP contribution in [0.3, 0.4) is 0 Å². The average molecular weight is 401 g/mol. The van der Waals surface area contributed by atoms with Crippen LogP contribution in [0.1, 0.15) is 48.9 Å². The second-order valence-corrected chi connectivity index (χ2v) is 7.75. The first-order chi connectivity index (χ1) is 14.2. The van der Waals surface area contributed by atoms with Crippen molar-refractivity contribution in [2.45, 2.75) is 44.6 Å². The van der Waals surface area contributed by atoms with Gasteiger partial charge < -0.3 is 15.5 Å². The fraction of sp³-hybridized carbons (Fsp3) is 0.667. The van der Waals surface area contributed by atoms with Crippen molar-refractivity contribution in [2.75, 3.05) is 26.2 Å². The molecule has 0 atom stereocenters. The number of tetrazole rings is 1. The molecule has 1 saturated heterocycles. The summed E-state index contributed by atoms with van der Waals surface area (Å²) in [4.78, 5) is 27.4. The van der Waals surface area contributed by atoms with E-state index in [0.717, 1.165) is 51.9 Å². The summed E-state index contributed by atoms with van der Waals surface area (Å²) in [7, 11) is 0. The molecule has 2 aromatic rings. The van der Waals surface area contributed by atoms with Crippen molar-refractivity contribution in [2.24, 2.45) is 5.92 Å². The number of hydrogen-bond acceptors (Lipinski definition) is 7. The molecule has 1 aliphatic carbocycles. The highest BCUT2D eigenvalue weighted by Gasteiger charge is 2.28. The molecule has 0 bridgehead atoms. The highest BCUT2D eigenvalue weighted by Crippen LogP contribution is 2.25. The van der Waals surface area contributed by atoms with Crippen LogP contribution in [0.25, 0.3) is 5.82 Å². The Balaban J connectivity index is 1.21. The van der Waals surface area contributed by atoms with Crippen LogP contribution < -0.4 is 10.6 Å². The van der Waals surface area contributed by atoms with Crippen molar-refractivity contribution in [3.63, 3.8) is 0 Å². The Bertz CT molecular complexity index is 805. The lowest BCUT2D eigenvalue weighted by atomic mass is 9.85. The third-order valence-electron chi connectivity index (χ3n) is 5.80. The number of H-pyrrole nitrogens is 1. The number of aromatic nitrogens is 6. The van der Waals surface area contributed by atoms with Crippen LogP contribution in [0.4, 0.5) is 0 Å². The molecule has 3 heterocycles. The number of nitrogens with zero attached hydrogens (tertiary/aromatic N) is 6. The Labute approximate surface area is 168 Å². The Morgan fingerprint density at radius 2 is 1.97 bits per heavy atom. The minimum Gasteiger partial charge on any atom is -0.355 e. The molecule has 0 unspecified atom stereocenters. The van der Waals surface area contributed by atoms with Gasteiger partial charge in [0.2, 0.25) is 5.91 Å². The van der Waals surface area contributed by atoms with Gasteiger partial charge in [0, 0.05) is 25.0 Å². The zero-order valence-corrected chi connectivity index (χ0v) is 16.4. The van der Waals surface area contributed by atoms with Crippen LogP contribution in [-0.2, 0) is 4.79 Å². The molecule has 3 N–H and O–H groups in total. The van der Waals surface area contributed by atoms with E-state index in [-0.39, 0.29) is 23.8 Å². The number of amides is 2. The molecule has 0 spiro atoms. The van der Waals surface area contributed by atoms with E-state index in [1.165, 1.54) is 30.0 Å². The Morgan fingerprint density at radius 3 is 2.69 bits per heavy atom. The van der Waals surface area contributed by atoms with Crippen LogP contribution >= 0.6 is 0 Å². The first-order valence-electron chi connectivity index (χ1n) is 10.3. The SMILES string of the molecule is O=C(NC1CCC(C(=O)NCCN2CCCC2)CC1)c1cn[nH]c1-n1cnnn1. The van der Waals surface area contributed by atoms with Gasteiger partial charge in [-0.25, -0.2) is 0 Å². The van der Waals surface area contributed by atoms with E-state index in [0.29, 0.717) is 11.4 Å². The maximum Gasteiger partial charge on any atom is 0.256 e. The van der Waals surface area contributed by atoms with E-state index in [1.807, 2.05) is 0 Å². The molecule has 156 valence electrons. The predicted octanol–water partition coefficient (Wildman–Crippen LogP) is -0.114. The number of hydrogen-bond donors (Lipinski definition) is 3. The van der Waals surface area contributed by atoms with Gasteiger partial charge in [0.05, 0.1) is 6.20 Å². The first-order valence-corrected chi connectivity index (χ1v) is 10.3. The Kier molecular flexibility index (Phi) is 6.13. The largest absolute Gasteiger partial charge is 0.355 e. The van der Waals surface area contributed by atoms with Crippen LogP contribution in [0, 0.1) is 5.92 Å². The lowest BCUT2D eigenvalue weighted by molar-refractivity contribution is -0.126. The molecule has 29 heavy (non-hydrogen) atoms. The van der Waals surface area contributed by atoms with Gasteiger partial charge in [-0.05, 0) is 62.0 Å². The number of carbonyl (C=O) groups excluding carboxylic acids is 2. The minimum atomic E-state index is -0.220. The molecular formula is C18H27N9O2. The summed E-state index contributed by atoms with van der Waals surface area (Å²) in [5, 5.41) is 23.7. The van der Waals surface area contributed by atoms with Crippen molar-refractivity contribution in [1.82, 2.24) is 45.9 Å². The molecule has 0 radical (unpaired) electrons. The van der Waals surface area contributed by atoms with E-state index in [1.54, 1.807) is 0 Å². The van der Waals surface area contributed by atoms with Gasteiger partial charge in [-0.2, -0.15) is 9.78 Å². The normalized spacial score (nSPS) is 22.5. The van der Waals surface area contributed by atoms with Crippen LogP contribution in [0.15, 0.2) is 12.5 Å². The monoisotopic (exact) mass is 401 g/mol. The van der Waals surface area contributed by atoms with Crippen LogP contribution in [-0.4, -0.2) is 79.3 Å². The summed E-state index contributed by atoms with van der Waals surface area (Å²) in [6.07, 6.45) is 8.53. The lowest BCUT2D eigenvalue weighted by Gasteiger charge is -2.28. The molecule has 2 amide bonds. The maximum absolute atomic E-state index is 12.6. The van der Waals surface area contributed by atoms with E-state index in [9.17, 15) is 9.59 Å². The standard InChI is InChI=1S/C18H27N9O2/c28-17(19-7-10-26-8-1-2-9-26)13-3-5-14(6-4-13)22-18(29)15-11-20-23-16(15)27-12-21-24-25-27/h11-14H,1-10H2,(H,19,28)(H,20,23)(H,22,29). The minimum absolute atomic E-state index is 0.0347. The van der Waals surface area contributed by atoms with Gasteiger partial charge in [0.1, 0.15) is 11.9 Å². The maximum atomic E-state index is 12.6. The Hall–Kier alpha value is -2.82.